The Morgan fingerprint density at radius 2 is 2.06 bits per heavy atom. The first-order chi connectivity index (χ1) is 7.81. The molecule has 2 aliphatic carbocycles. The summed E-state index contributed by atoms with van der Waals surface area (Å²) < 4.78 is 6.26. The molecule has 0 unspecified atom stereocenters. The van der Waals surface area contributed by atoms with E-state index in [1.54, 1.807) is 0 Å². The van der Waals surface area contributed by atoms with Crippen LogP contribution >= 0.6 is 0 Å². The van der Waals surface area contributed by atoms with Crippen LogP contribution in [0, 0.1) is 5.41 Å². The van der Waals surface area contributed by atoms with E-state index >= 15 is 0 Å². The first kappa shape index (κ1) is 13.1. The van der Waals surface area contributed by atoms with Gasteiger partial charge in [-0.05, 0) is 52.9 Å². The molecule has 1 saturated carbocycles. The highest BCUT2D eigenvalue weighted by atomic mass is 16.5. The number of aliphatic hydroxyl groups excluding tert-OH is 1. The van der Waals surface area contributed by atoms with Crippen LogP contribution in [0.25, 0.3) is 0 Å². The third kappa shape index (κ3) is 2.74. The van der Waals surface area contributed by atoms with Crippen LogP contribution in [-0.4, -0.2) is 22.9 Å². The van der Waals surface area contributed by atoms with Gasteiger partial charge in [0, 0.05) is 5.41 Å². The number of fused-ring (bicyclic) bond motifs is 1. The normalized spacial score (nSPS) is 38.5. The highest BCUT2D eigenvalue weighted by Crippen LogP contribution is 2.49. The fourth-order valence-corrected chi connectivity index (χ4v) is 3.24. The fourth-order valence-electron chi connectivity index (χ4n) is 3.24. The topological polar surface area (TPSA) is 29.5 Å². The highest BCUT2D eigenvalue weighted by molar-refractivity contribution is 5.22. The Morgan fingerprint density at radius 3 is 2.71 bits per heavy atom. The molecule has 0 aromatic heterocycles. The number of rotatable bonds is 1. The molecule has 1 fully saturated rings. The summed E-state index contributed by atoms with van der Waals surface area (Å²) in [5.41, 5.74) is 1.51. The molecule has 3 atom stereocenters. The number of allylic oxidation sites excluding steroid dienone is 1. The van der Waals surface area contributed by atoms with Gasteiger partial charge in [0.05, 0.1) is 17.8 Å². The summed E-state index contributed by atoms with van der Waals surface area (Å²) in [6.45, 7) is 8.71. The van der Waals surface area contributed by atoms with Gasteiger partial charge in [0.1, 0.15) is 0 Å². The lowest BCUT2D eigenvalue weighted by atomic mass is 9.63. The molecule has 0 heterocycles. The van der Waals surface area contributed by atoms with Crippen LogP contribution in [0.3, 0.4) is 0 Å². The van der Waals surface area contributed by atoms with E-state index in [1.165, 1.54) is 5.57 Å². The fraction of sp³-hybridized carbons (Fsp3) is 0.867. The molecule has 0 saturated heterocycles. The van der Waals surface area contributed by atoms with Crippen LogP contribution in [0.2, 0.25) is 0 Å². The van der Waals surface area contributed by atoms with Crippen LogP contribution < -0.4 is 0 Å². The number of ether oxygens (including phenoxy) is 1. The molecule has 2 nitrogen and oxygen atoms in total. The Labute approximate surface area is 105 Å². The zero-order valence-electron chi connectivity index (χ0n) is 11.6. The summed E-state index contributed by atoms with van der Waals surface area (Å²) in [6.07, 6.45) is 7.55. The van der Waals surface area contributed by atoms with Crippen molar-refractivity contribution < 1.29 is 9.84 Å². The Kier molecular flexibility index (Phi) is 3.39. The zero-order chi connectivity index (χ0) is 12.7. The van der Waals surface area contributed by atoms with Crippen molar-refractivity contribution in [2.24, 2.45) is 5.41 Å². The molecule has 0 aromatic carbocycles. The molecule has 0 radical (unpaired) electrons. The van der Waals surface area contributed by atoms with Gasteiger partial charge >= 0.3 is 0 Å². The molecular weight excluding hydrogens is 212 g/mol. The quantitative estimate of drug-likeness (QED) is 0.709. The maximum absolute atomic E-state index is 9.80. The molecule has 17 heavy (non-hydrogen) atoms. The lowest BCUT2D eigenvalue weighted by Gasteiger charge is -2.48. The van der Waals surface area contributed by atoms with E-state index < -0.39 is 0 Å². The van der Waals surface area contributed by atoms with Crippen molar-refractivity contribution in [3.8, 4) is 0 Å². The van der Waals surface area contributed by atoms with Gasteiger partial charge in [-0.3, -0.25) is 0 Å². The second-order valence-electron chi connectivity index (χ2n) is 6.84. The lowest BCUT2D eigenvalue weighted by Crippen LogP contribution is -2.45. The molecule has 2 aliphatic rings. The minimum absolute atomic E-state index is 0.0772. The smallest absolute Gasteiger partial charge is 0.0675 e. The number of hydrogen-bond donors (Lipinski definition) is 1. The summed E-state index contributed by atoms with van der Waals surface area (Å²) in [5, 5.41) is 9.80. The Hall–Kier alpha value is -0.340. The summed E-state index contributed by atoms with van der Waals surface area (Å²) in [5.74, 6) is 0. The summed E-state index contributed by atoms with van der Waals surface area (Å²) in [4.78, 5) is 0. The van der Waals surface area contributed by atoms with E-state index in [1.807, 2.05) is 0 Å². The van der Waals surface area contributed by atoms with E-state index in [4.69, 9.17) is 4.74 Å². The maximum Gasteiger partial charge on any atom is 0.0675 e. The first-order valence-electron chi connectivity index (χ1n) is 6.87. The molecule has 0 aromatic rings. The molecule has 0 bridgehead atoms. The van der Waals surface area contributed by atoms with Gasteiger partial charge in [-0.25, -0.2) is 0 Å². The van der Waals surface area contributed by atoms with Crippen molar-refractivity contribution in [2.75, 3.05) is 0 Å². The number of aliphatic hydroxyl groups is 1. The summed E-state index contributed by atoms with van der Waals surface area (Å²) in [6, 6.07) is 0. The largest absolute Gasteiger partial charge is 0.393 e. The first-order valence-corrected chi connectivity index (χ1v) is 6.87. The molecule has 0 aliphatic heterocycles. The van der Waals surface area contributed by atoms with Crippen molar-refractivity contribution in [2.45, 2.75) is 77.6 Å². The molecule has 2 rings (SSSR count). The third-order valence-corrected chi connectivity index (χ3v) is 4.21. The Bertz CT molecular complexity index is 313. The van der Waals surface area contributed by atoms with Gasteiger partial charge in [-0.2, -0.15) is 0 Å². The predicted molar refractivity (Wildman–Crippen MR) is 69.9 cm³/mol. The van der Waals surface area contributed by atoms with Gasteiger partial charge in [0.25, 0.3) is 0 Å². The van der Waals surface area contributed by atoms with Crippen molar-refractivity contribution in [3.05, 3.63) is 11.6 Å². The van der Waals surface area contributed by atoms with E-state index in [0.717, 1.165) is 32.1 Å². The monoisotopic (exact) mass is 238 g/mol. The molecule has 0 spiro atoms. The third-order valence-electron chi connectivity index (χ3n) is 4.21. The van der Waals surface area contributed by atoms with E-state index in [9.17, 15) is 5.11 Å². The summed E-state index contributed by atoms with van der Waals surface area (Å²) >= 11 is 0. The van der Waals surface area contributed by atoms with Crippen LogP contribution in [0.5, 0.6) is 0 Å². The van der Waals surface area contributed by atoms with Crippen molar-refractivity contribution in [1.29, 1.82) is 0 Å². The molecule has 0 amide bonds. The van der Waals surface area contributed by atoms with Gasteiger partial charge in [0.15, 0.2) is 0 Å². The van der Waals surface area contributed by atoms with Crippen LogP contribution in [0.15, 0.2) is 11.6 Å². The second-order valence-corrected chi connectivity index (χ2v) is 6.84. The number of hydrogen-bond acceptors (Lipinski definition) is 2. The van der Waals surface area contributed by atoms with Gasteiger partial charge < -0.3 is 9.84 Å². The average molecular weight is 238 g/mol. The molecule has 2 heteroatoms. The zero-order valence-corrected chi connectivity index (χ0v) is 11.6. The average Bonchev–Trinajstić information content (AvgIpc) is 2.19. The molecular formula is C15H26O2. The second kappa shape index (κ2) is 4.40. The summed E-state index contributed by atoms with van der Waals surface area (Å²) in [7, 11) is 0. The highest BCUT2D eigenvalue weighted by Gasteiger charge is 2.44. The van der Waals surface area contributed by atoms with Crippen LogP contribution in [0.4, 0.5) is 0 Å². The van der Waals surface area contributed by atoms with E-state index in [2.05, 4.69) is 33.8 Å². The minimum Gasteiger partial charge on any atom is -0.393 e. The standard InChI is InChI=1S/C15H26O2/c1-14(2,3)17-13-7-5-6-11-10-12(16)8-9-15(11,13)4/h6,12-13,16H,5,7-10H2,1-4H3/t12-,13-,15-/m0/s1. The van der Waals surface area contributed by atoms with Crippen molar-refractivity contribution in [1.82, 2.24) is 0 Å². The van der Waals surface area contributed by atoms with E-state index in [0.29, 0.717) is 6.10 Å². The van der Waals surface area contributed by atoms with Crippen LogP contribution in [-0.2, 0) is 4.74 Å². The van der Waals surface area contributed by atoms with Crippen LogP contribution in [0.1, 0.15) is 59.8 Å². The van der Waals surface area contributed by atoms with Gasteiger partial charge in [-0.15, -0.1) is 0 Å². The predicted octanol–water partition coefficient (Wildman–Crippen LogP) is 3.44. The van der Waals surface area contributed by atoms with Crippen molar-refractivity contribution >= 4 is 0 Å². The lowest BCUT2D eigenvalue weighted by molar-refractivity contribution is -0.119. The maximum atomic E-state index is 9.80. The minimum atomic E-state index is -0.136. The van der Waals surface area contributed by atoms with Gasteiger partial charge in [0.2, 0.25) is 0 Å². The SMILES string of the molecule is CC(C)(C)O[C@H]1CCC=C2C[C@@H](O)CC[C@@]21C. The Balaban J connectivity index is 2.18. The Morgan fingerprint density at radius 1 is 1.35 bits per heavy atom. The molecule has 98 valence electrons. The van der Waals surface area contributed by atoms with Crippen molar-refractivity contribution in [3.63, 3.8) is 0 Å². The molecule has 1 N–H and O–H groups in total. The van der Waals surface area contributed by atoms with Gasteiger partial charge in [-0.1, -0.05) is 18.6 Å². The van der Waals surface area contributed by atoms with E-state index in [-0.39, 0.29) is 17.1 Å².